The van der Waals surface area contributed by atoms with Crippen molar-refractivity contribution in [2.75, 3.05) is 6.54 Å². The monoisotopic (exact) mass is 247 g/mol. The van der Waals surface area contributed by atoms with E-state index >= 15 is 0 Å². The van der Waals surface area contributed by atoms with Crippen LogP contribution in [0.15, 0.2) is 18.3 Å². The quantitative estimate of drug-likeness (QED) is 0.701. The standard InChI is InChI=1S/C12H13N3O3/c1-7-9(4-3-5-13-7)12(18)15-6-10(16)14-11(17)8(15)2/h3-5,8H,6H2,1-2H3,(H,14,16,17). The van der Waals surface area contributed by atoms with Crippen LogP contribution in [-0.2, 0) is 9.59 Å². The van der Waals surface area contributed by atoms with Gasteiger partial charge in [0.1, 0.15) is 12.6 Å². The molecule has 0 saturated carbocycles. The van der Waals surface area contributed by atoms with Gasteiger partial charge in [-0.25, -0.2) is 0 Å². The van der Waals surface area contributed by atoms with Gasteiger partial charge in [0.25, 0.3) is 5.91 Å². The molecule has 1 N–H and O–H groups in total. The van der Waals surface area contributed by atoms with Crippen molar-refractivity contribution in [3.8, 4) is 0 Å². The molecule has 0 aliphatic carbocycles. The smallest absolute Gasteiger partial charge is 0.256 e. The number of aromatic nitrogens is 1. The highest BCUT2D eigenvalue weighted by atomic mass is 16.2. The van der Waals surface area contributed by atoms with Gasteiger partial charge in [0, 0.05) is 11.9 Å². The Morgan fingerprint density at radius 2 is 2.22 bits per heavy atom. The molecule has 0 bridgehead atoms. The molecule has 1 saturated heterocycles. The van der Waals surface area contributed by atoms with Gasteiger partial charge < -0.3 is 4.90 Å². The topological polar surface area (TPSA) is 79.4 Å². The van der Waals surface area contributed by atoms with Gasteiger partial charge in [-0.2, -0.15) is 0 Å². The van der Waals surface area contributed by atoms with Crippen LogP contribution in [0.3, 0.4) is 0 Å². The molecule has 1 aromatic heterocycles. The average Bonchev–Trinajstić information content (AvgIpc) is 2.33. The van der Waals surface area contributed by atoms with Crippen LogP contribution in [0.2, 0.25) is 0 Å². The maximum Gasteiger partial charge on any atom is 0.256 e. The van der Waals surface area contributed by atoms with E-state index in [4.69, 9.17) is 0 Å². The molecule has 1 unspecified atom stereocenters. The summed E-state index contributed by atoms with van der Waals surface area (Å²) in [5, 5.41) is 2.19. The Hall–Kier alpha value is -2.24. The van der Waals surface area contributed by atoms with Gasteiger partial charge in [-0.05, 0) is 26.0 Å². The second kappa shape index (κ2) is 4.56. The molecule has 1 aliphatic rings. The molecule has 94 valence electrons. The molecule has 2 rings (SSSR count). The number of hydrogen-bond donors (Lipinski definition) is 1. The summed E-state index contributed by atoms with van der Waals surface area (Å²) in [6.45, 7) is 3.19. The van der Waals surface area contributed by atoms with Crippen LogP contribution >= 0.6 is 0 Å². The Morgan fingerprint density at radius 3 is 2.89 bits per heavy atom. The van der Waals surface area contributed by atoms with Gasteiger partial charge in [-0.15, -0.1) is 0 Å². The molecule has 1 aromatic rings. The number of imide groups is 1. The molecular formula is C12H13N3O3. The van der Waals surface area contributed by atoms with Gasteiger partial charge in [0.2, 0.25) is 11.8 Å². The Labute approximate surface area is 104 Å². The first-order valence-corrected chi connectivity index (χ1v) is 5.57. The maximum atomic E-state index is 12.3. The number of piperazine rings is 1. The summed E-state index contributed by atoms with van der Waals surface area (Å²) in [6.07, 6.45) is 1.59. The Morgan fingerprint density at radius 1 is 1.50 bits per heavy atom. The molecule has 0 aromatic carbocycles. The van der Waals surface area contributed by atoms with E-state index in [0.29, 0.717) is 11.3 Å². The molecule has 0 radical (unpaired) electrons. The molecule has 1 aliphatic heterocycles. The summed E-state index contributed by atoms with van der Waals surface area (Å²) < 4.78 is 0. The number of pyridine rings is 1. The highest BCUT2D eigenvalue weighted by molar-refractivity contribution is 6.07. The van der Waals surface area contributed by atoms with E-state index in [1.54, 1.807) is 32.2 Å². The lowest BCUT2D eigenvalue weighted by atomic mass is 10.1. The first-order chi connectivity index (χ1) is 8.50. The number of rotatable bonds is 1. The zero-order chi connectivity index (χ0) is 13.3. The highest BCUT2D eigenvalue weighted by Gasteiger charge is 2.34. The number of aryl methyl sites for hydroxylation is 1. The summed E-state index contributed by atoms with van der Waals surface area (Å²) in [6, 6.07) is 2.63. The van der Waals surface area contributed by atoms with Crippen LogP contribution in [0.25, 0.3) is 0 Å². The molecule has 6 heteroatoms. The third-order valence-electron chi connectivity index (χ3n) is 2.92. The number of nitrogens with zero attached hydrogens (tertiary/aromatic N) is 2. The lowest BCUT2D eigenvalue weighted by Gasteiger charge is -2.31. The van der Waals surface area contributed by atoms with Gasteiger partial charge in [-0.1, -0.05) is 0 Å². The SMILES string of the molecule is Cc1ncccc1C(=O)N1CC(=O)NC(=O)C1C. The van der Waals surface area contributed by atoms with Crippen molar-refractivity contribution in [3.05, 3.63) is 29.6 Å². The van der Waals surface area contributed by atoms with Crippen LogP contribution in [0, 0.1) is 6.92 Å². The van der Waals surface area contributed by atoms with Crippen molar-refractivity contribution < 1.29 is 14.4 Å². The first-order valence-electron chi connectivity index (χ1n) is 5.57. The number of amides is 3. The second-order valence-corrected chi connectivity index (χ2v) is 4.16. The summed E-state index contributed by atoms with van der Waals surface area (Å²) in [7, 11) is 0. The normalized spacial score (nSPS) is 19.7. The van der Waals surface area contributed by atoms with E-state index in [2.05, 4.69) is 10.3 Å². The minimum absolute atomic E-state index is 0.111. The molecule has 0 spiro atoms. The van der Waals surface area contributed by atoms with Gasteiger partial charge >= 0.3 is 0 Å². The number of nitrogens with one attached hydrogen (secondary N) is 1. The Bertz CT molecular complexity index is 527. The van der Waals surface area contributed by atoms with Crippen LogP contribution in [0.4, 0.5) is 0 Å². The zero-order valence-electron chi connectivity index (χ0n) is 10.1. The molecular weight excluding hydrogens is 234 g/mol. The van der Waals surface area contributed by atoms with Crippen molar-refractivity contribution in [1.29, 1.82) is 0 Å². The highest BCUT2D eigenvalue weighted by Crippen LogP contribution is 2.13. The average molecular weight is 247 g/mol. The van der Waals surface area contributed by atoms with E-state index in [1.807, 2.05) is 0 Å². The molecule has 3 amide bonds. The van der Waals surface area contributed by atoms with Gasteiger partial charge in [0.05, 0.1) is 5.56 Å². The third kappa shape index (κ3) is 2.09. The zero-order valence-corrected chi connectivity index (χ0v) is 10.1. The first kappa shape index (κ1) is 12.2. The molecule has 2 heterocycles. The van der Waals surface area contributed by atoms with Crippen LogP contribution in [0.5, 0.6) is 0 Å². The summed E-state index contributed by atoms with van der Waals surface area (Å²) in [5.41, 5.74) is 0.986. The molecule has 1 fully saturated rings. The Kier molecular flexibility index (Phi) is 3.10. The molecule has 1 atom stereocenters. The van der Waals surface area contributed by atoms with Crippen molar-refractivity contribution in [3.63, 3.8) is 0 Å². The Balaban J connectivity index is 2.31. The third-order valence-corrected chi connectivity index (χ3v) is 2.92. The lowest BCUT2D eigenvalue weighted by molar-refractivity contribution is -0.138. The fourth-order valence-electron chi connectivity index (χ4n) is 1.83. The van der Waals surface area contributed by atoms with Crippen molar-refractivity contribution in [2.45, 2.75) is 19.9 Å². The van der Waals surface area contributed by atoms with Gasteiger partial charge in [-0.3, -0.25) is 24.7 Å². The van der Waals surface area contributed by atoms with Crippen molar-refractivity contribution in [1.82, 2.24) is 15.2 Å². The molecule has 18 heavy (non-hydrogen) atoms. The minimum Gasteiger partial charge on any atom is -0.318 e. The van der Waals surface area contributed by atoms with E-state index in [-0.39, 0.29) is 12.5 Å². The summed E-state index contributed by atoms with van der Waals surface area (Å²) >= 11 is 0. The minimum atomic E-state index is -0.658. The fourth-order valence-corrected chi connectivity index (χ4v) is 1.83. The van der Waals surface area contributed by atoms with Crippen molar-refractivity contribution in [2.24, 2.45) is 0 Å². The van der Waals surface area contributed by atoms with E-state index in [0.717, 1.165) is 0 Å². The summed E-state index contributed by atoms with van der Waals surface area (Å²) in [4.78, 5) is 40.4. The van der Waals surface area contributed by atoms with E-state index in [1.165, 1.54) is 4.90 Å². The predicted octanol–water partition coefficient (Wildman–Crippen LogP) is -0.123. The van der Waals surface area contributed by atoms with Gasteiger partial charge in [0.15, 0.2) is 0 Å². The largest absolute Gasteiger partial charge is 0.318 e. The number of hydrogen-bond acceptors (Lipinski definition) is 4. The lowest BCUT2D eigenvalue weighted by Crippen LogP contribution is -2.58. The molecule has 6 nitrogen and oxygen atoms in total. The van der Waals surface area contributed by atoms with Crippen LogP contribution < -0.4 is 5.32 Å². The van der Waals surface area contributed by atoms with Crippen molar-refractivity contribution >= 4 is 17.7 Å². The number of carbonyl (C=O) groups is 3. The maximum absolute atomic E-state index is 12.3. The summed E-state index contributed by atoms with van der Waals surface area (Å²) in [5.74, 6) is -1.27. The fraction of sp³-hybridized carbons (Fsp3) is 0.333. The second-order valence-electron chi connectivity index (χ2n) is 4.16. The van der Waals surface area contributed by atoms with E-state index in [9.17, 15) is 14.4 Å². The van der Waals surface area contributed by atoms with Crippen LogP contribution in [0.1, 0.15) is 23.0 Å². The van der Waals surface area contributed by atoms with E-state index < -0.39 is 17.9 Å². The van der Waals surface area contributed by atoms with Crippen LogP contribution in [-0.4, -0.2) is 40.2 Å². The predicted molar refractivity (Wildman–Crippen MR) is 62.6 cm³/mol. The number of carbonyl (C=O) groups excluding carboxylic acids is 3.